The first-order valence-electron chi connectivity index (χ1n) is 8.24. The summed E-state index contributed by atoms with van der Waals surface area (Å²) in [6, 6.07) is 1.92. The summed E-state index contributed by atoms with van der Waals surface area (Å²) in [6.45, 7) is 8.10. The highest BCUT2D eigenvalue weighted by Gasteiger charge is 2.20. The minimum absolute atomic E-state index is 0.526. The number of rotatable bonds is 5. The fourth-order valence-electron chi connectivity index (χ4n) is 2.69. The Balaban J connectivity index is 1.56. The number of aryl methyl sites for hydroxylation is 1. The molecule has 1 N–H and O–H groups in total. The standard InChI is InChI=1S/C15H24N8O/c1-3-16-15(17-10-14-19-18-12-21(14)2)23-7-5-22(6-8-23)11-13-4-9-24-20-13/h4,9,12H,3,5-8,10-11H2,1-2H3,(H,16,17). The second-order valence-electron chi connectivity index (χ2n) is 5.78. The van der Waals surface area contributed by atoms with Crippen LogP contribution in [0.25, 0.3) is 0 Å². The van der Waals surface area contributed by atoms with E-state index in [1.54, 1.807) is 12.6 Å². The van der Waals surface area contributed by atoms with Gasteiger partial charge >= 0.3 is 0 Å². The molecule has 1 saturated heterocycles. The van der Waals surface area contributed by atoms with Gasteiger partial charge in [0.15, 0.2) is 11.8 Å². The summed E-state index contributed by atoms with van der Waals surface area (Å²) in [7, 11) is 1.93. The van der Waals surface area contributed by atoms with Gasteiger partial charge < -0.3 is 19.3 Å². The molecule has 0 saturated carbocycles. The number of piperazine rings is 1. The molecule has 24 heavy (non-hydrogen) atoms. The Morgan fingerprint density at radius 1 is 1.33 bits per heavy atom. The van der Waals surface area contributed by atoms with Gasteiger partial charge in [-0.1, -0.05) is 5.16 Å². The summed E-state index contributed by atoms with van der Waals surface area (Å²) in [6.07, 6.45) is 3.31. The first-order chi connectivity index (χ1) is 11.8. The fourth-order valence-corrected chi connectivity index (χ4v) is 2.69. The van der Waals surface area contributed by atoms with Crippen LogP contribution in [0.2, 0.25) is 0 Å². The summed E-state index contributed by atoms with van der Waals surface area (Å²) in [5.41, 5.74) is 0.978. The molecular formula is C15H24N8O. The molecule has 0 aliphatic carbocycles. The fraction of sp³-hybridized carbons (Fsp3) is 0.600. The van der Waals surface area contributed by atoms with Gasteiger partial charge in [0.1, 0.15) is 19.1 Å². The van der Waals surface area contributed by atoms with E-state index < -0.39 is 0 Å². The van der Waals surface area contributed by atoms with Crippen molar-refractivity contribution in [1.29, 1.82) is 0 Å². The van der Waals surface area contributed by atoms with Crippen molar-refractivity contribution < 1.29 is 4.52 Å². The molecule has 9 heteroatoms. The van der Waals surface area contributed by atoms with Crippen molar-refractivity contribution >= 4 is 5.96 Å². The Morgan fingerprint density at radius 3 is 2.79 bits per heavy atom. The largest absolute Gasteiger partial charge is 0.364 e. The van der Waals surface area contributed by atoms with Crippen molar-refractivity contribution in [1.82, 2.24) is 35.0 Å². The molecule has 0 aromatic carbocycles. The third-order valence-electron chi connectivity index (χ3n) is 4.06. The average molecular weight is 332 g/mol. The molecular weight excluding hydrogens is 308 g/mol. The summed E-state index contributed by atoms with van der Waals surface area (Å²) >= 11 is 0. The normalized spacial score (nSPS) is 16.6. The first-order valence-corrected chi connectivity index (χ1v) is 8.24. The monoisotopic (exact) mass is 332 g/mol. The number of aromatic nitrogens is 4. The SMILES string of the molecule is CCNC(=NCc1nncn1C)N1CCN(Cc2ccon2)CC1. The van der Waals surface area contributed by atoms with E-state index >= 15 is 0 Å². The Labute approximate surface area is 141 Å². The minimum atomic E-state index is 0.526. The molecule has 3 heterocycles. The van der Waals surface area contributed by atoms with Crippen molar-refractivity contribution in [3.63, 3.8) is 0 Å². The van der Waals surface area contributed by atoms with Crippen LogP contribution in [0.5, 0.6) is 0 Å². The molecule has 1 aliphatic rings. The Morgan fingerprint density at radius 2 is 2.17 bits per heavy atom. The van der Waals surface area contributed by atoms with Crippen molar-refractivity contribution in [3.05, 3.63) is 30.2 Å². The van der Waals surface area contributed by atoms with Crippen molar-refractivity contribution in [2.75, 3.05) is 32.7 Å². The van der Waals surface area contributed by atoms with Crippen molar-refractivity contribution in [2.24, 2.45) is 12.0 Å². The lowest BCUT2D eigenvalue weighted by atomic mass is 10.3. The van der Waals surface area contributed by atoms with Crippen LogP contribution in [0.3, 0.4) is 0 Å². The number of aliphatic imine (C=N–C) groups is 1. The third kappa shape index (κ3) is 4.10. The van der Waals surface area contributed by atoms with Gasteiger partial charge in [-0.05, 0) is 6.92 Å². The van der Waals surface area contributed by atoms with E-state index in [1.165, 1.54) is 0 Å². The lowest BCUT2D eigenvalue weighted by molar-refractivity contribution is 0.169. The Kier molecular flexibility index (Phi) is 5.42. The van der Waals surface area contributed by atoms with E-state index in [-0.39, 0.29) is 0 Å². The molecule has 0 unspecified atom stereocenters. The van der Waals surface area contributed by atoms with Gasteiger partial charge in [0.05, 0.1) is 5.69 Å². The zero-order chi connectivity index (χ0) is 16.8. The zero-order valence-electron chi connectivity index (χ0n) is 14.2. The van der Waals surface area contributed by atoms with Crippen LogP contribution < -0.4 is 5.32 Å². The van der Waals surface area contributed by atoms with Crippen molar-refractivity contribution in [3.8, 4) is 0 Å². The van der Waals surface area contributed by atoms with E-state index in [2.05, 4.69) is 37.4 Å². The maximum Gasteiger partial charge on any atom is 0.194 e. The second kappa shape index (κ2) is 7.91. The van der Waals surface area contributed by atoms with E-state index in [0.717, 1.165) is 56.7 Å². The van der Waals surface area contributed by atoms with Gasteiger partial charge in [-0.3, -0.25) is 4.90 Å². The van der Waals surface area contributed by atoms with E-state index in [9.17, 15) is 0 Å². The zero-order valence-corrected chi connectivity index (χ0v) is 14.2. The third-order valence-corrected chi connectivity index (χ3v) is 4.06. The average Bonchev–Trinajstić information content (AvgIpc) is 3.24. The molecule has 3 rings (SSSR count). The van der Waals surface area contributed by atoms with Crippen LogP contribution in [0.4, 0.5) is 0 Å². The van der Waals surface area contributed by atoms with Crippen LogP contribution in [0.1, 0.15) is 18.4 Å². The second-order valence-corrected chi connectivity index (χ2v) is 5.78. The number of nitrogens with one attached hydrogen (secondary N) is 1. The number of guanidine groups is 1. The molecule has 2 aromatic rings. The summed E-state index contributed by atoms with van der Waals surface area (Å²) in [4.78, 5) is 9.37. The highest BCUT2D eigenvalue weighted by atomic mass is 16.5. The number of nitrogens with zero attached hydrogens (tertiary/aromatic N) is 7. The lowest BCUT2D eigenvalue weighted by Crippen LogP contribution is -2.52. The Hall–Kier alpha value is -2.42. The molecule has 1 aliphatic heterocycles. The number of hydrogen-bond acceptors (Lipinski definition) is 6. The van der Waals surface area contributed by atoms with E-state index in [1.807, 2.05) is 17.7 Å². The first kappa shape index (κ1) is 16.4. The van der Waals surface area contributed by atoms with Crippen LogP contribution in [0.15, 0.2) is 28.2 Å². The summed E-state index contributed by atoms with van der Waals surface area (Å²) < 4.78 is 6.79. The van der Waals surface area contributed by atoms with Gasteiger partial charge in [0.25, 0.3) is 0 Å². The Bertz CT molecular complexity index is 642. The molecule has 9 nitrogen and oxygen atoms in total. The molecule has 0 amide bonds. The van der Waals surface area contributed by atoms with Crippen LogP contribution in [0, 0.1) is 0 Å². The molecule has 0 radical (unpaired) electrons. The highest BCUT2D eigenvalue weighted by Crippen LogP contribution is 2.08. The topological polar surface area (TPSA) is 87.6 Å². The summed E-state index contributed by atoms with van der Waals surface area (Å²) in [5.74, 6) is 1.79. The van der Waals surface area contributed by atoms with Gasteiger partial charge in [0, 0.05) is 52.4 Å². The lowest BCUT2D eigenvalue weighted by Gasteiger charge is -2.36. The van der Waals surface area contributed by atoms with E-state index in [4.69, 9.17) is 9.52 Å². The molecule has 130 valence electrons. The maximum atomic E-state index is 4.90. The predicted octanol–water partition coefficient (Wildman–Crippen LogP) is 0.0864. The van der Waals surface area contributed by atoms with Gasteiger partial charge in [0.2, 0.25) is 0 Å². The van der Waals surface area contributed by atoms with Gasteiger partial charge in [-0.2, -0.15) is 0 Å². The van der Waals surface area contributed by atoms with Gasteiger partial charge in [-0.25, -0.2) is 4.99 Å². The van der Waals surface area contributed by atoms with Crippen LogP contribution in [-0.2, 0) is 20.1 Å². The number of hydrogen-bond donors (Lipinski definition) is 1. The predicted molar refractivity (Wildman–Crippen MR) is 89.2 cm³/mol. The maximum absolute atomic E-state index is 4.90. The van der Waals surface area contributed by atoms with E-state index in [0.29, 0.717) is 6.54 Å². The smallest absolute Gasteiger partial charge is 0.194 e. The molecule has 1 fully saturated rings. The highest BCUT2D eigenvalue weighted by molar-refractivity contribution is 5.80. The minimum Gasteiger partial charge on any atom is -0.364 e. The summed E-state index contributed by atoms with van der Waals surface area (Å²) in [5, 5.41) is 15.3. The molecule has 0 atom stereocenters. The van der Waals surface area contributed by atoms with Crippen LogP contribution in [-0.4, -0.2) is 68.4 Å². The van der Waals surface area contributed by atoms with Gasteiger partial charge in [-0.15, -0.1) is 10.2 Å². The molecule has 0 bridgehead atoms. The van der Waals surface area contributed by atoms with Crippen LogP contribution >= 0.6 is 0 Å². The van der Waals surface area contributed by atoms with Crippen molar-refractivity contribution in [2.45, 2.75) is 20.0 Å². The quantitative estimate of drug-likeness (QED) is 0.613. The molecule has 2 aromatic heterocycles. The molecule has 0 spiro atoms.